The summed E-state index contributed by atoms with van der Waals surface area (Å²) in [7, 11) is 0. The fraction of sp³-hybridized carbons (Fsp3) is 0.263. The molecule has 1 atom stereocenters. The number of benzene rings is 2. The molecular weight excluding hydrogens is 356 g/mol. The summed E-state index contributed by atoms with van der Waals surface area (Å²) in [6.45, 7) is 3.04. The molecule has 2 aromatic carbocycles. The summed E-state index contributed by atoms with van der Waals surface area (Å²) in [6.07, 6.45) is 0. The van der Waals surface area contributed by atoms with E-state index in [9.17, 15) is 9.59 Å². The Balaban J connectivity index is 1.76. The fourth-order valence-electron chi connectivity index (χ4n) is 2.75. The maximum Gasteiger partial charge on any atom is 0.251 e. The zero-order valence-corrected chi connectivity index (χ0v) is 15.4. The summed E-state index contributed by atoms with van der Waals surface area (Å²) in [4.78, 5) is 26.0. The van der Waals surface area contributed by atoms with Crippen LogP contribution in [0.1, 0.15) is 33.8 Å². The molecule has 2 aromatic rings. The van der Waals surface area contributed by atoms with E-state index in [0.717, 1.165) is 11.1 Å². The molecule has 0 aromatic heterocycles. The zero-order chi connectivity index (χ0) is 17.8. The quantitative estimate of drug-likeness (QED) is 0.864. The number of halogens is 1. The van der Waals surface area contributed by atoms with E-state index in [1.165, 1.54) is 0 Å². The molecule has 1 fully saturated rings. The molecule has 2 amide bonds. The average Bonchev–Trinajstić information content (AvgIpc) is 2.98. The van der Waals surface area contributed by atoms with E-state index in [1.807, 2.05) is 60.4 Å². The first-order valence-electron chi connectivity index (χ1n) is 8.12. The van der Waals surface area contributed by atoms with Crippen molar-refractivity contribution in [2.45, 2.75) is 18.8 Å². The summed E-state index contributed by atoms with van der Waals surface area (Å²) < 4.78 is 0. The minimum Gasteiger partial charge on any atom is -0.352 e. The van der Waals surface area contributed by atoms with Crippen LogP contribution in [0.3, 0.4) is 0 Å². The Bertz CT molecular complexity index is 762. The van der Waals surface area contributed by atoms with Crippen molar-refractivity contribution in [2.75, 3.05) is 12.3 Å². The average molecular weight is 375 g/mol. The minimum absolute atomic E-state index is 0.0357. The molecular formula is C19H19ClN2O2S. The van der Waals surface area contributed by atoms with Gasteiger partial charge in [0.1, 0.15) is 5.37 Å². The Morgan fingerprint density at radius 3 is 2.52 bits per heavy atom. The number of hydrogen-bond donors (Lipinski definition) is 1. The monoisotopic (exact) mass is 374 g/mol. The Morgan fingerprint density at radius 2 is 1.88 bits per heavy atom. The number of amides is 2. The largest absolute Gasteiger partial charge is 0.352 e. The van der Waals surface area contributed by atoms with Gasteiger partial charge in [0.15, 0.2) is 0 Å². The fourth-order valence-corrected chi connectivity index (χ4v) is 4.06. The van der Waals surface area contributed by atoms with Crippen molar-refractivity contribution in [3.63, 3.8) is 0 Å². The Morgan fingerprint density at radius 1 is 1.20 bits per heavy atom. The number of carbonyl (C=O) groups is 2. The van der Waals surface area contributed by atoms with Crippen LogP contribution in [0, 0.1) is 0 Å². The summed E-state index contributed by atoms with van der Waals surface area (Å²) in [6, 6.07) is 15.0. The maximum absolute atomic E-state index is 12.3. The van der Waals surface area contributed by atoms with E-state index in [1.54, 1.807) is 11.8 Å². The molecule has 1 N–H and O–H groups in total. The van der Waals surface area contributed by atoms with Gasteiger partial charge in [0.2, 0.25) is 5.91 Å². The van der Waals surface area contributed by atoms with Crippen LogP contribution >= 0.6 is 23.4 Å². The van der Waals surface area contributed by atoms with Crippen LogP contribution in [0.15, 0.2) is 48.5 Å². The number of carbonyl (C=O) groups excluding carboxylic acids is 2. The molecule has 3 rings (SSSR count). The van der Waals surface area contributed by atoms with Crippen LogP contribution in [0.25, 0.3) is 0 Å². The highest BCUT2D eigenvalue weighted by atomic mass is 35.5. The number of rotatable bonds is 5. The van der Waals surface area contributed by atoms with Crippen molar-refractivity contribution in [2.24, 2.45) is 0 Å². The molecule has 1 heterocycles. The van der Waals surface area contributed by atoms with Crippen molar-refractivity contribution < 1.29 is 9.59 Å². The van der Waals surface area contributed by atoms with Crippen molar-refractivity contribution in [1.29, 1.82) is 0 Å². The van der Waals surface area contributed by atoms with Gasteiger partial charge >= 0.3 is 0 Å². The van der Waals surface area contributed by atoms with E-state index >= 15 is 0 Å². The van der Waals surface area contributed by atoms with Crippen molar-refractivity contribution in [3.05, 3.63) is 70.2 Å². The minimum atomic E-state index is -0.0813. The third-order valence-corrected chi connectivity index (χ3v) is 5.54. The zero-order valence-electron chi connectivity index (χ0n) is 13.9. The lowest BCUT2D eigenvalue weighted by Gasteiger charge is -2.24. The van der Waals surface area contributed by atoms with E-state index in [0.29, 0.717) is 29.4 Å². The highest BCUT2D eigenvalue weighted by Crippen LogP contribution is 2.39. The van der Waals surface area contributed by atoms with Crippen LogP contribution in [-0.2, 0) is 11.3 Å². The summed E-state index contributed by atoms with van der Waals surface area (Å²) in [5.41, 5.74) is 2.70. The van der Waals surface area contributed by atoms with Gasteiger partial charge in [-0.3, -0.25) is 9.59 Å². The standard InChI is InChI=1S/C19H19ClN2O2S/c1-2-21-18(24)14-5-7-15(8-6-14)19-22(17(23)12-25-19)11-13-3-9-16(20)10-4-13/h3-10,19H,2,11-12H2,1H3,(H,21,24)/t19-/m1/s1. The highest BCUT2D eigenvalue weighted by Gasteiger charge is 2.32. The van der Waals surface area contributed by atoms with Crippen molar-refractivity contribution in [3.8, 4) is 0 Å². The molecule has 0 unspecified atom stereocenters. The van der Waals surface area contributed by atoms with Gasteiger partial charge in [0, 0.05) is 23.7 Å². The number of nitrogens with zero attached hydrogens (tertiary/aromatic N) is 1. The van der Waals surface area contributed by atoms with Gasteiger partial charge in [0.25, 0.3) is 5.91 Å². The Kier molecular flexibility index (Phi) is 5.66. The Hall–Kier alpha value is -1.98. The molecule has 1 aliphatic heterocycles. The normalized spacial score (nSPS) is 17.0. The van der Waals surface area contributed by atoms with Crippen LogP contribution < -0.4 is 5.32 Å². The van der Waals surface area contributed by atoms with E-state index in [-0.39, 0.29) is 17.2 Å². The molecule has 6 heteroatoms. The van der Waals surface area contributed by atoms with Crippen LogP contribution in [-0.4, -0.2) is 29.0 Å². The predicted molar refractivity (Wildman–Crippen MR) is 102 cm³/mol. The molecule has 1 aliphatic rings. The number of hydrogen-bond acceptors (Lipinski definition) is 3. The predicted octanol–water partition coefficient (Wildman–Crippen LogP) is 3.86. The van der Waals surface area contributed by atoms with E-state index in [4.69, 9.17) is 11.6 Å². The van der Waals surface area contributed by atoms with Crippen molar-refractivity contribution in [1.82, 2.24) is 10.2 Å². The molecule has 0 radical (unpaired) electrons. The number of thioether (sulfide) groups is 1. The summed E-state index contributed by atoms with van der Waals surface area (Å²) in [5, 5.41) is 3.43. The van der Waals surface area contributed by atoms with Gasteiger partial charge < -0.3 is 10.2 Å². The van der Waals surface area contributed by atoms with Crippen molar-refractivity contribution >= 4 is 35.2 Å². The van der Waals surface area contributed by atoms with Crippen LogP contribution in [0.5, 0.6) is 0 Å². The summed E-state index contributed by atoms with van der Waals surface area (Å²) in [5.74, 6) is 0.510. The van der Waals surface area contributed by atoms with Gasteiger partial charge in [-0.15, -0.1) is 11.8 Å². The molecule has 0 aliphatic carbocycles. The van der Waals surface area contributed by atoms with E-state index < -0.39 is 0 Å². The smallest absolute Gasteiger partial charge is 0.251 e. The molecule has 1 saturated heterocycles. The van der Waals surface area contributed by atoms with E-state index in [2.05, 4.69) is 5.32 Å². The van der Waals surface area contributed by atoms with Gasteiger partial charge in [-0.1, -0.05) is 35.9 Å². The van der Waals surface area contributed by atoms with Crippen LogP contribution in [0.4, 0.5) is 0 Å². The second kappa shape index (κ2) is 7.93. The maximum atomic E-state index is 12.3. The SMILES string of the molecule is CCNC(=O)c1ccc([C@H]2SCC(=O)N2Cc2ccc(Cl)cc2)cc1. The lowest BCUT2D eigenvalue weighted by Crippen LogP contribution is -2.27. The van der Waals surface area contributed by atoms with Gasteiger partial charge in [-0.05, 0) is 42.3 Å². The molecule has 0 saturated carbocycles. The third-order valence-electron chi connectivity index (χ3n) is 4.03. The summed E-state index contributed by atoms with van der Waals surface area (Å²) >= 11 is 7.54. The molecule has 4 nitrogen and oxygen atoms in total. The first-order valence-corrected chi connectivity index (χ1v) is 9.55. The molecule has 130 valence electrons. The number of nitrogens with one attached hydrogen (secondary N) is 1. The lowest BCUT2D eigenvalue weighted by atomic mass is 10.1. The topological polar surface area (TPSA) is 49.4 Å². The third kappa shape index (κ3) is 4.17. The second-order valence-electron chi connectivity index (χ2n) is 5.79. The second-order valence-corrected chi connectivity index (χ2v) is 7.30. The van der Waals surface area contributed by atoms with Crippen LogP contribution in [0.2, 0.25) is 5.02 Å². The van der Waals surface area contributed by atoms with Gasteiger partial charge in [-0.2, -0.15) is 0 Å². The molecule has 25 heavy (non-hydrogen) atoms. The first kappa shape index (κ1) is 17.8. The highest BCUT2D eigenvalue weighted by molar-refractivity contribution is 8.00. The molecule has 0 spiro atoms. The van der Waals surface area contributed by atoms with Gasteiger partial charge in [-0.25, -0.2) is 0 Å². The lowest BCUT2D eigenvalue weighted by molar-refractivity contribution is -0.128. The van der Waals surface area contributed by atoms with Gasteiger partial charge in [0.05, 0.1) is 5.75 Å². The molecule has 0 bridgehead atoms. The Labute approximate surface area is 156 Å². The first-order chi connectivity index (χ1) is 12.1.